The lowest BCUT2D eigenvalue weighted by molar-refractivity contribution is -0.151. The van der Waals surface area contributed by atoms with Gasteiger partial charge in [-0.1, -0.05) is 11.6 Å². The van der Waals surface area contributed by atoms with E-state index in [2.05, 4.69) is 0 Å². The normalized spacial score (nSPS) is 15.8. The average molecular weight is 398 g/mol. The number of fused-ring (bicyclic) bond motifs is 1. The third-order valence-corrected chi connectivity index (χ3v) is 4.87. The van der Waals surface area contributed by atoms with E-state index in [0.29, 0.717) is 22.9 Å². The molecule has 2 N–H and O–H groups in total. The van der Waals surface area contributed by atoms with E-state index in [-0.39, 0.29) is 18.1 Å². The van der Waals surface area contributed by atoms with Crippen molar-refractivity contribution in [1.82, 2.24) is 0 Å². The van der Waals surface area contributed by atoms with Gasteiger partial charge in [-0.15, -0.1) is 0 Å². The summed E-state index contributed by atoms with van der Waals surface area (Å²) in [6.45, 7) is 0.151. The van der Waals surface area contributed by atoms with Crippen LogP contribution in [0.25, 0.3) is 0 Å². The van der Waals surface area contributed by atoms with E-state index in [1.54, 1.807) is 18.2 Å². The van der Waals surface area contributed by atoms with Gasteiger partial charge < -0.3 is 14.2 Å². The van der Waals surface area contributed by atoms with Crippen molar-refractivity contribution in [2.24, 2.45) is 5.14 Å². The molecule has 0 saturated carbocycles. The van der Waals surface area contributed by atoms with Crippen molar-refractivity contribution < 1.29 is 27.4 Å². The smallest absolute Gasteiger partial charge is 0.347 e. The molecule has 0 aliphatic carbocycles. The third kappa shape index (κ3) is 4.46. The van der Waals surface area contributed by atoms with Gasteiger partial charge in [-0.05, 0) is 48.0 Å². The van der Waals surface area contributed by atoms with Crippen molar-refractivity contribution >= 4 is 27.6 Å². The van der Waals surface area contributed by atoms with Crippen LogP contribution in [0.1, 0.15) is 5.56 Å². The summed E-state index contributed by atoms with van der Waals surface area (Å²) in [5, 5.41) is 5.60. The van der Waals surface area contributed by atoms with Gasteiger partial charge in [-0.3, -0.25) is 0 Å². The Morgan fingerprint density at radius 1 is 1.19 bits per heavy atom. The van der Waals surface area contributed by atoms with Crippen LogP contribution in [0.5, 0.6) is 11.5 Å². The second kappa shape index (κ2) is 7.53. The number of sulfonamides is 1. The average Bonchev–Trinajstić information content (AvgIpc) is 3.01. The minimum atomic E-state index is -3.74. The number of carbonyl (C=O) groups excluding carboxylic acids is 1. The van der Waals surface area contributed by atoms with Gasteiger partial charge in [0.1, 0.15) is 24.7 Å². The van der Waals surface area contributed by atoms with Gasteiger partial charge in [0.05, 0.1) is 4.90 Å². The molecule has 7 nitrogen and oxygen atoms in total. The number of hydrogen-bond donors (Lipinski definition) is 1. The molecule has 1 atom stereocenters. The highest BCUT2D eigenvalue weighted by molar-refractivity contribution is 7.89. The number of halogens is 1. The SMILES string of the molecule is NS(=O)(=O)c1ccc(OCCOC(=O)[C@@H]2Cc3cc(Cl)ccc3O2)cc1. The maximum Gasteiger partial charge on any atom is 0.347 e. The minimum Gasteiger partial charge on any atom is -0.490 e. The van der Waals surface area contributed by atoms with Crippen LogP contribution in [0.4, 0.5) is 0 Å². The Bertz CT molecular complexity index is 913. The Kier molecular flexibility index (Phi) is 5.36. The molecule has 1 aliphatic heterocycles. The summed E-state index contributed by atoms with van der Waals surface area (Å²) in [6.07, 6.45) is -0.289. The zero-order chi connectivity index (χ0) is 18.7. The zero-order valence-corrected chi connectivity index (χ0v) is 15.1. The van der Waals surface area contributed by atoms with Crippen LogP contribution in [0, 0.1) is 0 Å². The predicted octanol–water partition coefficient (Wildman–Crippen LogP) is 1.91. The molecule has 9 heteroatoms. The standard InChI is InChI=1S/C17H16ClNO6S/c18-12-1-6-15-11(9-12)10-16(25-15)17(20)24-8-7-23-13-2-4-14(5-3-13)26(19,21)22/h1-6,9,16H,7-8,10H2,(H2,19,21,22)/t16-/m0/s1. The van der Waals surface area contributed by atoms with Crippen molar-refractivity contribution in [2.75, 3.05) is 13.2 Å². The number of rotatable bonds is 6. The molecule has 0 bridgehead atoms. The fraction of sp³-hybridized carbons (Fsp3) is 0.235. The van der Waals surface area contributed by atoms with Gasteiger partial charge in [-0.2, -0.15) is 0 Å². The third-order valence-electron chi connectivity index (χ3n) is 3.71. The molecule has 1 heterocycles. The molecule has 1 aliphatic rings. The Morgan fingerprint density at radius 2 is 1.92 bits per heavy atom. The maximum absolute atomic E-state index is 12.0. The highest BCUT2D eigenvalue weighted by Gasteiger charge is 2.30. The van der Waals surface area contributed by atoms with Gasteiger partial charge in [0, 0.05) is 11.4 Å². The van der Waals surface area contributed by atoms with Gasteiger partial charge in [-0.25, -0.2) is 18.4 Å². The van der Waals surface area contributed by atoms with Gasteiger partial charge >= 0.3 is 5.97 Å². The lowest BCUT2D eigenvalue weighted by Crippen LogP contribution is -2.28. The minimum absolute atomic E-state index is 0.00525. The van der Waals surface area contributed by atoms with E-state index in [4.69, 9.17) is 31.0 Å². The molecule has 0 radical (unpaired) electrons. The number of carbonyl (C=O) groups is 1. The predicted molar refractivity (Wildman–Crippen MR) is 93.8 cm³/mol. The van der Waals surface area contributed by atoms with E-state index >= 15 is 0 Å². The number of ether oxygens (including phenoxy) is 3. The number of nitrogens with two attached hydrogens (primary N) is 1. The molecule has 0 aromatic heterocycles. The van der Waals surface area contributed by atoms with Crippen molar-refractivity contribution in [3.05, 3.63) is 53.1 Å². The zero-order valence-electron chi connectivity index (χ0n) is 13.6. The van der Waals surface area contributed by atoms with Crippen LogP contribution in [-0.4, -0.2) is 33.7 Å². The number of benzene rings is 2. The topological polar surface area (TPSA) is 105 Å². The summed E-state index contributed by atoms with van der Waals surface area (Å²) >= 11 is 5.92. The molecule has 0 unspecified atom stereocenters. The molecule has 26 heavy (non-hydrogen) atoms. The summed E-state index contributed by atoms with van der Waals surface area (Å²) in [5.74, 6) is 0.584. The van der Waals surface area contributed by atoms with E-state index in [0.717, 1.165) is 5.56 Å². The Balaban J connectivity index is 1.43. The van der Waals surface area contributed by atoms with E-state index in [9.17, 15) is 13.2 Å². The van der Waals surface area contributed by atoms with Crippen LogP contribution in [0.2, 0.25) is 5.02 Å². The summed E-state index contributed by atoms with van der Waals surface area (Å²) in [5.41, 5.74) is 0.866. The quantitative estimate of drug-likeness (QED) is 0.589. The van der Waals surface area contributed by atoms with Crippen molar-refractivity contribution in [1.29, 1.82) is 0 Å². The van der Waals surface area contributed by atoms with Crippen molar-refractivity contribution in [2.45, 2.75) is 17.4 Å². The van der Waals surface area contributed by atoms with Crippen LogP contribution >= 0.6 is 11.6 Å². The van der Waals surface area contributed by atoms with Gasteiger partial charge in [0.25, 0.3) is 0 Å². The lowest BCUT2D eigenvalue weighted by Gasteiger charge is -2.11. The number of hydrogen-bond acceptors (Lipinski definition) is 6. The molecule has 0 amide bonds. The first kappa shape index (κ1) is 18.5. The molecule has 0 saturated heterocycles. The molecule has 138 valence electrons. The molecule has 0 spiro atoms. The van der Waals surface area contributed by atoms with Crippen LogP contribution in [0.3, 0.4) is 0 Å². The molecule has 2 aromatic carbocycles. The van der Waals surface area contributed by atoms with Crippen LogP contribution in [0.15, 0.2) is 47.4 Å². The first-order valence-electron chi connectivity index (χ1n) is 7.70. The molecular weight excluding hydrogens is 382 g/mol. The fourth-order valence-corrected chi connectivity index (χ4v) is 3.18. The Morgan fingerprint density at radius 3 is 2.62 bits per heavy atom. The highest BCUT2D eigenvalue weighted by Crippen LogP contribution is 2.31. The molecular formula is C17H16ClNO6S. The van der Waals surface area contributed by atoms with Crippen LogP contribution in [-0.2, 0) is 26.0 Å². The van der Waals surface area contributed by atoms with E-state index < -0.39 is 22.1 Å². The van der Waals surface area contributed by atoms with E-state index in [1.807, 2.05) is 0 Å². The Hall–Kier alpha value is -2.29. The number of primary sulfonamides is 1. The molecule has 0 fully saturated rings. The summed E-state index contributed by atoms with van der Waals surface area (Å²) < 4.78 is 38.4. The summed E-state index contributed by atoms with van der Waals surface area (Å²) in [7, 11) is -3.74. The van der Waals surface area contributed by atoms with E-state index in [1.165, 1.54) is 24.3 Å². The van der Waals surface area contributed by atoms with Crippen molar-refractivity contribution in [3.63, 3.8) is 0 Å². The number of esters is 1. The first-order valence-corrected chi connectivity index (χ1v) is 9.63. The van der Waals surface area contributed by atoms with Crippen LogP contribution < -0.4 is 14.6 Å². The Labute approximate surface area is 155 Å². The van der Waals surface area contributed by atoms with Crippen molar-refractivity contribution in [3.8, 4) is 11.5 Å². The second-order valence-electron chi connectivity index (χ2n) is 5.60. The lowest BCUT2D eigenvalue weighted by atomic mass is 10.1. The van der Waals surface area contributed by atoms with Gasteiger partial charge in [0.15, 0.2) is 6.10 Å². The highest BCUT2D eigenvalue weighted by atomic mass is 35.5. The second-order valence-corrected chi connectivity index (χ2v) is 7.59. The molecule has 3 rings (SSSR count). The first-order chi connectivity index (χ1) is 12.3. The van der Waals surface area contributed by atoms with Gasteiger partial charge in [0.2, 0.25) is 10.0 Å². The maximum atomic E-state index is 12.0. The molecule has 2 aromatic rings. The monoisotopic (exact) mass is 397 g/mol. The summed E-state index contributed by atoms with van der Waals surface area (Å²) in [6, 6.07) is 10.8. The fourth-order valence-electron chi connectivity index (χ4n) is 2.47. The largest absolute Gasteiger partial charge is 0.490 e. The summed E-state index contributed by atoms with van der Waals surface area (Å²) in [4.78, 5) is 12.0.